The van der Waals surface area contributed by atoms with Crippen molar-refractivity contribution >= 4 is 40.2 Å². The fraction of sp³-hybridized carbons (Fsp3) is 0.120. The summed E-state index contributed by atoms with van der Waals surface area (Å²) in [5.74, 6) is 1.05. The van der Waals surface area contributed by atoms with Crippen molar-refractivity contribution in [3.05, 3.63) is 94.7 Å². The lowest BCUT2D eigenvalue weighted by Crippen LogP contribution is -2.31. The van der Waals surface area contributed by atoms with E-state index in [0.29, 0.717) is 28.0 Å². The molecule has 0 fully saturated rings. The number of nitrogens with zero attached hydrogens (tertiary/aromatic N) is 2. The van der Waals surface area contributed by atoms with E-state index in [0.717, 1.165) is 22.3 Å². The van der Waals surface area contributed by atoms with Crippen molar-refractivity contribution in [3.63, 3.8) is 0 Å². The number of aromatic nitrogens is 2. The number of fused-ring (bicyclic) bond motifs is 3. The van der Waals surface area contributed by atoms with Gasteiger partial charge in [0.25, 0.3) is 5.91 Å². The van der Waals surface area contributed by atoms with Crippen LogP contribution in [0.3, 0.4) is 0 Å². The molecule has 0 radical (unpaired) electrons. The van der Waals surface area contributed by atoms with Gasteiger partial charge in [0.15, 0.2) is 0 Å². The largest absolute Gasteiger partial charge is 0.495 e. The number of benzene rings is 3. The molecule has 1 amide bonds. The highest BCUT2D eigenvalue weighted by atomic mass is 35.5. The minimum absolute atomic E-state index is 0.229. The highest BCUT2D eigenvalue weighted by Crippen LogP contribution is 2.40. The summed E-state index contributed by atoms with van der Waals surface area (Å²) in [6.07, 6.45) is 0. The molecular formula is C25H21ClN4O2. The Morgan fingerprint density at radius 1 is 1.09 bits per heavy atom. The van der Waals surface area contributed by atoms with Crippen molar-refractivity contribution < 1.29 is 9.53 Å². The normalized spacial score (nSPS) is 15.3. The molecule has 0 bridgehead atoms. The van der Waals surface area contributed by atoms with Crippen LogP contribution < -0.4 is 15.4 Å². The van der Waals surface area contributed by atoms with Crippen LogP contribution in [0.5, 0.6) is 5.75 Å². The van der Waals surface area contributed by atoms with Gasteiger partial charge in [0, 0.05) is 10.7 Å². The van der Waals surface area contributed by atoms with Gasteiger partial charge < -0.3 is 15.4 Å². The van der Waals surface area contributed by atoms with Gasteiger partial charge in [-0.05, 0) is 48.9 Å². The van der Waals surface area contributed by atoms with Gasteiger partial charge in [0.05, 0.1) is 35.4 Å². The van der Waals surface area contributed by atoms with Crippen LogP contribution in [-0.2, 0) is 4.79 Å². The van der Waals surface area contributed by atoms with E-state index in [9.17, 15) is 4.79 Å². The number of anilines is 2. The summed E-state index contributed by atoms with van der Waals surface area (Å²) in [5.41, 5.74) is 4.58. The van der Waals surface area contributed by atoms with Crippen molar-refractivity contribution in [2.24, 2.45) is 0 Å². The Labute approximate surface area is 190 Å². The number of carbonyl (C=O) groups is 1. The Morgan fingerprint density at radius 3 is 2.69 bits per heavy atom. The van der Waals surface area contributed by atoms with Crippen molar-refractivity contribution in [1.29, 1.82) is 0 Å². The maximum atomic E-state index is 13.7. The van der Waals surface area contributed by atoms with Crippen molar-refractivity contribution in [2.75, 3.05) is 17.7 Å². The molecule has 1 aliphatic rings. The average molecular weight is 445 g/mol. The molecular weight excluding hydrogens is 424 g/mol. The van der Waals surface area contributed by atoms with Crippen molar-refractivity contribution in [3.8, 4) is 5.75 Å². The van der Waals surface area contributed by atoms with Gasteiger partial charge >= 0.3 is 0 Å². The summed E-state index contributed by atoms with van der Waals surface area (Å²) in [4.78, 5) is 18.4. The molecule has 7 heteroatoms. The summed E-state index contributed by atoms with van der Waals surface area (Å²) < 4.78 is 7.46. The molecule has 4 aromatic rings. The molecule has 1 aliphatic heterocycles. The zero-order chi connectivity index (χ0) is 22.2. The van der Waals surface area contributed by atoms with Gasteiger partial charge in [-0.25, -0.2) is 4.98 Å². The third-order valence-corrected chi connectivity index (χ3v) is 5.83. The third-order valence-electron chi connectivity index (χ3n) is 5.59. The first-order valence-corrected chi connectivity index (χ1v) is 10.6. The van der Waals surface area contributed by atoms with E-state index in [1.807, 2.05) is 84.3 Å². The molecule has 0 aliphatic carbocycles. The Morgan fingerprint density at radius 2 is 1.88 bits per heavy atom. The number of carbonyl (C=O) groups excluding carboxylic acids is 1. The van der Waals surface area contributed by atoms with Gasteiger partial charge in [-0.2, -0.15) is 0 Å². The van der Waals surface area contributed by atoms with E-state index in [4.69, 9.17) is 21.3 Å². The van der Waals surface area contributed by atoms with Crippen molar-refractivity contribution in [2.45, 2.75) is 13.0 Å². The number of amides is 1. The summed E-state index contributed by atoms with van der Waals surface area (Å²) in [7, 11) is 1.58. The molecule has 0 saturated carbocycles. The van der Waals surface area contributed by atoms with Crippen LogP contribution in [0, 0.1) is 0 Å². The van der Waals surface area contributed by atoms with E-state index >= 15 is 0 Å². The van der Waals surface area contributed by atoms with Gasteiger partial charge in [-0.1, -0.05) is 48.0 Å². The highest BCUT2D eigenvalue weighted by molar-refractivity contribution is 6.30. The topological polar surface area (TPSA) is 68.2 Å². The fourth-order valence-electron chi connectivity index (χ4n) is 4.19. The number of nitrogens with one attached hydrogen (secondary N) is 2. The summed E-state index contributed by atoms with van der Waals surface area (Å²) in [6, 6.07) is 22.4. The number of rotatable bonds is 4. The molecule has 32 heavy (non-hydrogen) atoms. The number of hydrogen-bond donors (Lipinski definition) is 2. The molecule has 2 N–H and O–H groups in total. The van der Waals surface area contributed by atoms with Gasteiger partial charge in [-0.3, -0.25) is 9.36 Å². The number of halogens is 1. The first-order valence-electron chi connectivity index (χ1n) is 10.2. The van der Waals surface area contributed by atoms with Crippen LogP contribution >= 0.6 is 11.6 Å². The third kappa shape index (κ3) is 3.39. The Bertz CT molecular complexity index is 1380. The Balaban J connectivity index is 1.67. The van der Waals surface area contributed by atoms with Crippen LogP contribution in [0.25, 0.3) is 11.0 Å². The smallest absolute Gasteiger partial charge is 0.255 e. The van der Waals surface area contributed by atoms with E-state index < -0.39 is 6.04 Å². The maximum absolute atomic E-state index is 13.7. The van der Waals surface area contributed by atoms with Crippen LogP contribution in [-0.4, -0.2) is 22.6 Å². The SMILES string of the molecule is COc1ccccc1NC(=O)C1=C(C)Nc2nc3ccccc3n2[C@H]1c1cccc(Cl)c1. The molecule has 5 rings (SSSR count). The zero-order valence-electron chi connectivity index (χ0n) is 17.6. The van der Waals surface area contributed by atoms with Crippen molar-refractivity contribution in [1.82, 2.24) is 9.55 Å². The second kappa shape index (κ2) is 8.05. The molecule has 160 valence electrons. The van der Waals surface area contributed by atoms with Crippen LogP contribution in [0.1, 0.15) is 18.5 Å². The minimum Gasteiger partial charge on any atom is -0.495 e. The monoisotopic (exact) mass is 444 g/mol. The summed E-state index contributed by atoms with van der Waals surface area (Å²) in [6.45, 7) is 1.89. The standard InChI is InChI=1S/C25H21ClN4O2/c1-15-22(24(31)28-19-11-4-6-13-21(19)32-2)23(16-8-7-9-17(26)14-16)30-20-12-5-3-10-18(20)29-25(30)27-15/h3-14,23H,1-2H3,(H,27,29)(H,28,31)/t23-/m0/s1. The quantitative estimate of drug-likeness (QED) is 0.428. The second-order valence-electron chi connectivity index (χ2n) is 7.57. The molecule has 0 unspecified atom stereocenters. The number of methoxy groups -OCH3 is 1. The Kier molecular flexibility index (Phi) is 5.07. The predicted molar refractivity (Wildman–Crippen MR) is 127 cm³/mol. The van der Waals surface area contributed by atoms with E-state index in [1.54, 1.807) is 7.11 Å². The number of allylic oxidation sites excluding steroid dienone is 1. The lowest BCUT2D eigenvalue weighted by atomic mass is 9.94. The first kappa shape index (κ1) is 20.2. The predicted octanol–water partition coefficient (Wildman–Crippen LogP) is 5.63. The molecule has 1 atom stereocenters. The van der Waals surface area contributed by atoms with Crippen LogP contribution in [0.4, 0.5) is 11.6 Å². The van der Waals surface area contributed by atoms with E-state index in [1.165, 1.54) is 0 Å². The van der Waals surface area contributed by atoms with Gasteiger partial charge in [0.1, 0.15) is 5.75 Å². The molecule has 0 saturated heterocycles. The lowest BCUT2D eigenvalue weighted by molar-refractivity contribution is -0.113. The van der Waals surface area contributed by atoms with E-state index in [2.05, 4.69) is 10.6 Å². The van der Waals surface area contributed by atoms with Crippen LogP contribution in [0.15, 0.2) is 84.1 Å². The van der Waals surface area contributed by atoms with E-state index in [-0.39, 0.29) is 5.91 Å². The Hall–Kier alpha value is -3.77. The molecule has 2 heterocycles. The average Bonchev–Trinajstić information content (AvgIpc) is 3.16. The zero-order valence-corrected chi connectivity index (χ0v) is 18.4. The molecule has 6 nitrogen and oxygen atoms in total. The van der Waals surface area contributed by atoms with Crippen LogP contribution in [0.2, 0.25) is 5.02 Å². The van der Waals surface area contributed by atoms with Gasteiger partial charge in [-0.15, -0.1) is 0 Å². The fourth-order valence-corrected chi connectivity index (χ4v) is 4.39. The first-order chi connectivity index (χ1) is 15.6. The summed E-state index contributed by atoms with van der Waals surface area (Å²) in [5, 5.41) is 6.94. The molecule has 0 spiro atoms. The number of hydrogen-bond acceptors (Lipinski definition) is 4. The summed E-state index contributed by atoms with van der Waals surface area (Å²) >= 11 is 6.34. The molecule has 1 aromatic heterocycles. The molecule has 3 aromatic carbocycles. The van der Waals surface area contributed by atoms with Gasteiger partial charge in [0.2, 0.25) is 5.95 Å². The number of ether oxygens (including phenoxy) is 1. The second-order valence-corrected chi connectivity index (χ2v) is 8.01. The minimum atomic E-state index is -0.410. The lowest BCUT2D eigenvalue weighted by Gasteiger charge is -2.31. The maximum Gasteiger partial charge on any atom is 0.255 e. The number of para-hydroxylation sites is 4. The number of imidazole rings is 1. The highest BCUT2D eigenvalue weighted by Gasteiger charge is 2.34.